The van der Waals surface area contributed by atoms with Crippen LogP contribution in [0.2, 0.25) is 5.02 Å². The Morgan fingerprint density at radius 1 is 1.07 bits per heavy atom. The van der Waals surface area contributed by atoms with Gasteiger partial charge in [0.15, 0.2) is 0 Å². The molecule has 1 unspecified atom stereocenters. The van der Waals surface area contributed by atoms with Crippen molar-refractivity contribution in [3.8, 4) is 0 Å². The molecule has 1 fully saturated rings. The summed E-state index contributed by atoms with van der Waals surface area (Å²) >= 11 is 6.09. The minimum atomic E-state index is -0.304. The van der Waals surface area contributed by atoms with E-state index in [1.807, 2.05) is 43.3 Å². The van der Waals surface area contributed by atoms with E-state index in [1.165, 1.54) is 0 Å². The molecular formula is C22H26ClN3O2. The Hall–Kier alpha value is -2.37. The van der Waals surface area contributed by atoms with Crippen molar-refractivity contribution < 1.29 is 9.59 Å². The van der Waals surface area contributed by atoms with Crippen LogP contribution in [0.3, 0.4) is 0 Å². The summed E-state index contributed by atoms with van der Waals surface area (Å²) in [6.45, 7) is 3.99. The number of hydrogen-bond donors (Lipinski definition) is 2. The van der Waals surface area contributed by atoms with Crippen molar-refractivity contribution in [1.29, 1.82) is 0 Å². The highest BCUT2D eigenvalue weighted by atomic mass is 35.5. The van der Waals surface area contributed by atoms with Gasteiger partial charge in [0.05, 0.1) is 0 Å². The molecule has 2 amide bonds. The molecule has 28 heavy (non-hydrogen) atoms. The van der Waals surface area contributed by atoms with Gasteiger partial charge in [-0.1, -0.05) is 48.0 Å². The van der Waals surface area contributed by atoms with E-state index in [2.05, 4.69) is 15.5 Å². The lowest BCUT2D eigenvalue weighted by Crippen LogP contribution is -2.40. The standard InChI is InChI=1S/C22H26ClN3O2/c1-16-18(23)10-7-11-19(16)25-20(27)12-13-24-22(28)21(26-14-5-6-15-26)17-8-3-2-4-9-17/h2-4,7-11,21H,5-6,12-15H2,1H3,(H,24,28)(H,25,27). The Labute approximate surface area is 171 Å². The molecule has 1 atom stereocenters. The van der Waals surface area contributed by atoms with Gasteiger partial charge < -0.3 is 10.6 Å². The number of hydrogen-bond acceptors (Lipinski definition) is 3. The van der Waals surface area contributed by atoms with Crippen LogP contribution < -0.4 is 10.6 Å². The summed E-state index contributed by atoms with van der Waals surface area (Å²) in [6.07, 6.45) is 2.43. The van der Waals surface area contributed by atoms with E-state index in [-0.39, 0.29) is 24.3 Å². The van der Waals surface area contributed by atoms with Gasteiger partial charge in [0.1, 0.15) is 6.04 Å². The second kappa shape index (κ2) is 9.71. The van der Waals surface area contributed by atoms with Crippen LogP contribution in [0.25, 0.3) is 0 Å². The van der Waals surface area contributed by atoms with Crippen LogP contribution in [0.5, 0.6) is 0 Å². The Kier molecular flexibility index (Phi) is 7.06. The second-order valence-corrected chi connectivity index (χ2v) is 7.47. The predicted molar refractivity (Wildman–Crippen MR) is 112 cm³/mol. The molecule has 0 aromatic heterocycles. The highest BCUT2D eigenvalue weighted by Crippen LogP contribution is 2.25. The fraction of sp³-hybridized carbons (Fsp3) is 0.364. The maximum Gasteiger partial charge on any atom is 0.241 e. The fourth-order valence-electron chi connectivity index (χ4n) is 3.51. The summed E-state index contributed by atoms with van der Waals surface area (Å²) in [4.78, 5) is 27.3. The quantitative estimate of drug-likeness (QED) is 0.741. The van der Waals surface area contributed by atoms with Gasteiger partial charge in [0.2, 0.25) is 11.8 Å². The first kappa shape index (κ1) is 20.4. The maximum absolute atomic E-state index is 12.9. The molecule has 6 heteroatoms. The van der Waals surface area contributed by atoms with Gasteiger partial charge in [0, 0.05) is 23.7 Å². The number of anilines is 1. The van der Waals surface area contributed by atoms with E-state index in [0.717, 1.165) is 37.1 Å². The first-order valence-electron chi connectivity index (χ1n) is 9.68. The summed E-state index contributed by atoms with van der Waals surface area (Å²) in [6, 6.07) is 14.9. The highest BCUT2D eigenvalue weighted by Gasteiger charge is 2.29. The number of benzene rings is 2. The number of carbonyl (C=O) groups excluding carboxylic acids is 2. The Bertz CT molecular complexity index is 820. The minimum Gasteiger partial charge on any atom is -0.354 e. The van der Waals surface area contributed by atoms with Crippen molar-refractivity contribution in [1.82, 2.24) is 10.2 Å². The van der Waals surface area contributed by atoms with Gasteiger partial charge in [-0.05, 0) is 56.1 Å². The van der Waals surface area contributed by atoms with Gasteiger partial charge in [-0.25, -0.2) is 0 Å². The molecule has 2 aromatic carbocycles. The monoisotopic (exact) mass is 399 g/mol. The molecule has 0 spiro atoms. The molecule has 1 aliphatic heterocycles. The van der Waals surface area contributed by atoms with Crippen LogP contribution in [0.4, 0.5) is 5.69 Å². The lowest BCUT2D eigenvalue weighted by molar-refractivity contribution is -0.126. The molecule has 1 heterocycles. The van der Waals surface area contributed by atoms with Gasteiger partial charge in [-0.2, -0.15) is 0 Å². The lowest BCUT2D eigenvalue weighted by atomic mass is 10.0. The first-order chi connectivity index (χ1) is 13.6. The molecule has 2 N–H and O–H groups in total. The maximum atomic E-state index is 12.9. The van der Waals surface area contributed by atoms with Crippen LogP contribution in [-0.4, -0.2) is 36.3 Å². The van der Waals surface area contributed by atoms with E-state index >= 15 is 0 Å². The van der Waals surface area contributed by atoms with Gasteiger partial charge in [0.25, 0.3) is 0 Å². The SMILES string of the molecule is Cc1c(Cl)cccc1NC(=O)CCNC(=O)C(c1ccccc1)N1CCCC1. The molecular weight excluding hydrogens is 374 g/mol. The van der Waals surface area contributed by atoms with Crippen LogP contribution in [0, 0.1) is 6.92 Å². The second-order valence-electron chi connectivity index (χ2n) is 7.06. The molecule has 0 saturated carbocycles. The van der Waals surface area contributed by atoms with Gasteiger partial charge in [-0.15, -0.1) is 0 Å². The third-order valence-electron chi connectivity index (χ3n) is 5.06. The normalized spacial score (nSPS) is 15.2. The van der Waals surface area contributed by atoms with Crippen molar-refractivity contribution in [3.05, 3.63) is 64.7 Å². The fourth-order valence-corrected chi connectivity index (χ4v) is 3.69. The summed E-state index contributed by atoms with van der Waals surface area (Å²) < 4.78 is 0. The Morgan fingerprint density at radius 2 is 1.79 bits per heavy atom. The van der Waals surface area contributed by atoms with E-state index < -0.39 is 0 Å². The first-order valence-corrected chi connectivity index (χ1v) is 10.1. The molecule has 1 aliphatic rings. The Morgan fingerprint density at radius 3 is 2.50 bits per heavy atom. The van der Waals surface area contributed by atoms with Crippen LogP contribution >= 0.6 is 11.6 Å². The van der Waals surface area contributed by atoms with Crippen molar-refractivity contribution >= 4 is 29.1 Å². The van der Waals surface area contributed by atoms with E-state index in [4.69, 9.17) is 11.6 Å². The number of nitrogens with zero attached hydrogens (tertiary/aromatic N) is 1. The molecule has 2 aromatic rings. The average molecular weight is 400 g/mol. The van der Waals surface area contributed by atoms with Crippen molar-refractivity contribution in [3.63, 3.8) is 0 Å². The summed E-state index contributed by atoms with van der Waals surface area (Å²) in [5.74, 6) is -0.206. The molecule has 0 aliphatic carbocycles. The molecule has 5 nitrogen and oxygen atoms in total. The number of rotatable bonds is 7. The van der Waals surface area contributed by atoms with E-state index in [1.54, 1.807) is 12.1 Å². The molecule has 1 saturated heterocycles. The van der Waals surface area contributed by atoms with Gasteiger partial charge in [-0.3, -0.25) is 14.5 Å². The third kappa shape index (κ3) is 5.12. The zero-order chi connectivity index (χ0) is 19.9. The molecule has 148 valence electrons. The van der Waals surface area contributed by atoms with Gasteiger partial charge >= 0.3 is 0 Å². The van der Waals surface area contributed by atoms with Crippen molar-refractivity contribution in [2.45, 2.75) is 32.2 Å². The zero-order valence-corrected chi connectivity index (χ0v) is 16.8. The Balaban J connectivity index is 1.55. The number of carbonyl (C=O) groups is 2. The molecule has 0 bridgehead atoms. The molecule has 3 rings (SSSR count). The topological polar surface area (TPSA) is 61.4 Å². The average Bonchev–Trinajstić information content (AvgIpc) is 3.21. The highest BCUT2D eigenvalue weighted by molar-refractivity contribution is 6.31. The number of halogens is 1. The smallest absolute Gasteiger partial charge is 0.241 e. The van der Waals surface area contributed by atoms with Crippen LogP contribution in [-0.2, 0) is 9.59 Å². The van der Waals surface area contributed by atoms with Crippen molar-refractivity contribution in [2.75, 3.05) is 25.0 Å². The summed E-state index contributed by atoms with van der Waals surface area (Å²) in [5.41, 5.74) is 2.52. The largest absolute Gasteiger partial charge is 0.354 e. The minimum absolute atomic E-state index is 0.0557. The summed E-state index contributed by atoms with van der Waals surface area (Å²) in [7, 11) is 0. The predicted octanol–water partition coefficient (Wildman–Crippen LogP) is 3.93. The number of nitrogens with one attached hydrogen (secondary N) is 2. The van der Waals surface area contributed by atoms with Crippen LogP contribution in [0.15, 0.2) is 48.5 Å². The number of amides is 2. The van der Waals surface area contributed by atoms with Crippen LogP contribution in [0.1, 0.15) is 36.4 Å². The van der Waals surface area contributed by atoms with Crippen molar-refractivity contribution in [2.24, 2.45) is 0 Å². The molecule has 0 radical (unpaired) electrons. The van der Waals surface area contributed by atoms with E-state index in [0.29, 0.717) is 17.3 Å². The van der Waals surface area contributed by atoms with E-state index in [9.17, 15) is 9.59 Å². The lowest BCUT2D eigenvalue weighted by Gasteiger charge is -2.27. The summed E-state index contributed by atoms with van der Waals surface area (Å²) in [5, 5.41) is 6.40. The zero-order valence-electron chi connectivity index (χ0n) is 16.1. The third-order valence-corrected chi connectivity index (χ3v) is 5.47. The number of likely N-dealkylation sites (tertiary alicyclic amines) is 1.